The maximum absolute atomic E-state index is 10.5. The van der Waals surface area contributed by atoms with Crippen molar-refractivity contribution in [2.75, 3.05) is 13.2 Å². The number of hydrogen-bond acceptors (Lipinski definition) is 4. The van der Waals surface area contributed by atoms with E-state index < -0.39 is 6.10 Å². The molecule has 4 nitrogen and oxygen atoms in total. The smallest absolute Gasteiger partial charge is 0.133 e. The molecule has 1 heterocycles. The van der Waals surface area contributed by atoms with Crippen molar-refractivity contribution in [3.05, 3.63) is 88.8 Å². The van der Waals surface area contributed by atoms with Crippen LogP contribution in [0, 0.1) is 0 Å². The molecule has 0 saturated heterocycles. The molecule has 0 spiro atoms. The standard InChI is InChI=1S/C21H22BrNO3/c22-20-10-4-5-11-21(20)26-16-18(24)14-23(15-19-9-6-12-25-19)13-17-7-2-1-3-8-17/h1-12,18,24H,13-16H2. The van der Waals surface area contributed by atoms with Gasteiger partial charge in [0.2, 0.25) is 0 Å². The quantitative estimate of drug-likeness (QED) is 0.559. The largest absolute Gasteiger partial charge is 0.490 e. The first-order chi connectivity index (χ1) is 12.7. The lowest BCUT2D eigenvalue weighted by molar-refractivity contribution is 0.0602. The van der Waals surface area contributed by atoms with Crippen molar-refractivity contribution in [2.24, 2.45) is 0 Å². The van der Waals surface area contributed by atoms with E-state index in [9.17, 15) is 5.11 Å². The SMILES string of the molecule is OC(COc1ccccc1Br)CN(Cc1ccccc1)Cc1ccco1. The lowest BCUT2D eigenvalue weighted by Crippen LogP contribution is -2.35. The van der Waals surface area contributed by atoms with Gasteiger partial charge < -0.3 is 14.3 Å². The Morgan fingerprint density at radius 3 is 2.46 bits per heavy atom. The molecule has 0 fully saturated rings. The summed E-state index contributed by atoms with van der Waals surface area (Å²) in [6.45, 7) is 2.08. The molecule has 0 bridgehead atoms. The van der Waals surface area contributed by atoms with Crippen LogP contribution in [0.2, 0.25) is 0 Å². The molecule has 0 radical (unpaired) electrons. The second kappa shape index (κ2) is 9.57. The van der Waals surface area contributed by atoms with Crippen LogP contribution >= 0.6 is 15.9 Å². The Labute approximate surface area is 162 Å². The second-order valence-corrected chi connectivity index (χ2v) is 6.98. The Morgan fingerprint density at radius 2 is 1.73 bits per heavy atom. The molecule has 5 heteroatoms. The number of benzene rings is 2. The number of nitrogens with zero attached hydrogens (tertiary/aromatic N) is 1. The van der Waals surface area contributed by atoms with E-state index in [-0.39, 0.29) is 6.61 Å². The average molecular weight is 416 g/mol. The van der Waals surface area contributed by atoms with Gasteiger partial charge in [-0.2, -0.15) is 0 Å². The summed E-state index contributed by atoms with van der Waals surface area (Å²) in [5.74, 6) is 1.60. The fourth-order valence-corrected chi connectivity index (χ4v) is 3.15. The highest BCUT2D eigenvalue weighted by atomic mass is 79.9. The van der Waals surface area contributed by atoms with Gasteiger partial charge in [-0.15, -0.1) is 0 Å². The van der Waals surface area contributed by atoms with E-state index in [1.807, 2.05) is 54.6 Å². The van der Waals surface area contributed by atoms with Gasteiger partial charge in [0.05, 0.1) is 17.3 Å². The minimum Gasteiger partial charge on any atom is -0.490 e. The molecule has 0 aliphatic carbocycles. The normalized spacial score (nSPS) is 12.3. The van der Waals surface area contributed by atoms with Gasteiger partial charge in [0.15, 0.2) is 0 Å². The van der Waals surface area contributed by atoms with E-state index in [0.717, 1.165) is 22.5 Å². The Balaban J connectivity index is 1.59. The maximum Gasteiger partial charge on any atom is 0.133 e. The third-order valence-corrected chi connectivity index (χ3v) is 4.60. The van der Waals surface area contributed by atoms with E-state index in [2.05, 4.69) is 33.0 Å². The maximum atomic E-state index is 10.5. The third kappa shape index (κ3) is 5.73. The van der Waals surface area contributed by atoms with Crippen LogP contribution in [-0.2, 0) is 13.1 Å². The van der Waals surface area contributed by atoms with Gasteiger partial charge in [-0.25, -0.2) is 0 Å². The first-order valence-corrected chi connectivity index (χ1v) is 9.34. The van der Waals surface area contributed by atoms with Crippen molar-refractivity contribution in [3.8, 4) is 5.75 Å². The molecular formula is C21H22BrNO3. The summed E-state index contributed by atoms with van der Waals surface area (Å²) < 4.78 is 12.1. The molecule has 0 amide bonds. The van der Waals surface area contributed by atoms with Crippen LogP contribution in [0.1, 0.15) is 11.3 Å². The van der Waals surface area contributed by atoms with Crippen LogP contribution in [0.5, 0.6) is 5.75 Å². The predicted octanol–water partition coefficient (Wildman–Crippen LogP) is 4.48. The minimum absolute atomic E-state index is 0.228. The number of furan rings is 1. The van der Waals surface area contributed by atoms with E-state index in [1.54, 1.807) is 6.26 Å². The molecule has 26 heavy (non-hydrogen) atoms. The number of hydrogen-bond donors (Lipinski definition) is 1. The molecule has 136 valence electrons. The molecule has 3 aromatic rings. The summed E-state index contributed by atoms with van der Waals surface area (Å²) in [6.07, 6.45) is 1.06. The lowest BCUT2D eigenvalue weighted by atomic mass is 10.2. The molecule has 2 aromatic carbocycles. The van der Waals surface area contributed by atoms with Crippen LogP contribution in [0.4, 0.5) is 0 Å². The monoisotopic (exact) mass is 415 g/mol. The molecule has 1 aromatic heterocycles. The molecule has 0 saturated carbocycles. The predicted molar refractivity (Wildman–Crippen MR) is 105 cm³/mol. The number of aliphatic hydroxyl groups excluding tert-OH is 1. The van der Waals surface area contributed by atoms with Crippen LogP contribution in [0.3, 0.4) is 0 Å². The number of ether oxygens (including phenoxy) is 1. The zero-order chi connectivity index (χ0) is 18.2. The van der Waals surface area contributed by atoms with Crippen LogP contribution in [0.15, 0.2) is 81.9 Å². The Kier molecular flexibility index (Phi) is 6.89. The molecule has 0 aliphatic heterocycles. The van der Waals surface area contributed by atoms with Gasteiger partial charge in [-0.3, -0.25) is 4.90 Å². The van der Waals surface area contributed by atoms with E-state index in [1.165, 1.54) is 5.56 Å². The van der Waals surface area contributed by atoms with Gasteiger partial charge in [-0.1, -0.05) is 42.5 Å². The highest BCUT2D eigenvalue weighted by Crippen LogP contribution is 2.24. The van der Waals surface area contributed by atoms with Crippen molar-refractivity contribution in [3.63, 3.8) is 0 Å². The van der Waals surface area contributed by atoms with Gasteiger partial charge in [-0.05, 0) is 45.8 Å². The molecule has 1 unspecified atom stereocenters. The number of para-hydroxylation sites is 1. The van der Waals surface area contributed by atoms with Gasteiger partial charge in [0.25, 0.3) is 0 Å². The highest BCUT2D eigenvalue weighted by Gasteiger charge is 2.15. The topological polar surface area (TPSA) is 45.8 Å². The van der Waals surface area contributed by atoms with Crippen molar-refractivity contribution < 1.29 is 14.3 Å². The van der Waals surface area contributed by atoms with Gasteiger partial charge in [0, 0.05) is 13.1 Å². The van der Waals surface area contributed by atoms with Crippen molar-refractivity contribution in [1.29, 1.82) is 0 Å². The second-order valence-electron chi connectivity index (χ2n) is 6.13. The fourth-order valence-electron chi connectivity index (χ4n) is 2.75. The average Bonchev–Trinajstić information content (AvgIpc) is 3.15. The summed E-state index contributed by atoms with van der Waals surface area (Å²) in [5, 5.41) is 10.5. The first kappa shape index (κ1) is 18.7. The summed E-state index contributed by atoms with van der Waals surface area (Å²) >= 11 is 3.45. The lowest BCUT2D eigenvalue weighted by Gasteiger charge is -2.24. The molecular weight excluding hydrogens is 394 g/mol. The zero-order valence-electron chi connectivity index (χ0n) is 14.4. The minimum atomic E-state index is -0.610. The molecule has 3 rings (SSSR count). The number of aliphatic hydroxyl groups is 1. The summed E-state index contributed by atoms with van der Waals surface area (Å²) in [5.41, 5.74) is 1.19. The molecule has 1 atom stereocenters. The zero-order valence-corrected chi connectivity index (χ0v) is 16.0. The van der Waals surface area contributed by atoms with Gasteiger partial charge in [0.1, 0.15) is 24.2 Å². The molecule has 0 aliphatic rings. The van der Waals surface area contributed by atoms with E-state index in [4.69, 9.17) is 9.15 Å². The third-order valence-electron chi connectivity index (χ3n) is 3.95. The van der Waals surface area contributed by atoms with Crippen LogP contribution < -0.4 is 4.74 Å². The van der Waals surface area contributed by atoms with Crippen LogP contribution in [0.25, 0.3) is 0 Å². The summed E-state index contributed by atoms with van der Waals surface area (Å²) in [6, 6.07) is 21.7. The van der Waals surface area contributed by atoms with Gasteiger partial charge >= 0.3 is 0 Å². The van der Waals surface area contributed by atoms with E-state index >= 15 is 0 Å². The highest BCUT2D eigenvalue weighted by molar-refractivity contribution is 9.10. The van der Waals surface area contributed by atoms with Crippen molar-refractivity contribution >= 4 is 15.9 Å². The number of rotatable bonds is 9. The summed E-state index contributed by atoms with van der Waals surface area (Å²) in [7, 11) is 0. The van der Waals surface area contributed by atoms with Crippen molar-refractivity contribution in [1.82, 2.24) is 4.90 Å². The first-order valence-electron chi connectivity index (χ1n) is 8.55. The Bertz CT molecular complexity index is 777. The fraction of sp³-hybridized carbons (Fsp3) is 0.238. The van der Waals surface area contributed by atoms with Crippen LogP contribution in [-0.4, -0.2) is 29.3 Å². The van der Waals surface area contributed by atoms with Crippen molar-refractivity contribution in [2.45, 2.75) is 19.2 Å². The Morgan fingerprint density at radius 1 is 0.962 bits per heavy atom. The summed E-state index contributed by atoms with van der Waals surface area (Å²) in [4.78, 5) is 2.15. The Hall–Kier alpha value is -2.08. The number of halogens is 1. The molecule has 1 N–H and O–H groups in total. The van der Waals surface area contributed by atoms with E-state index in [0.29, 0.717) is 13.1 Å².